The van der Waals surface area contributed by atoms with Crippen molar-refractivity contribution >= 4 is 5.57 Å². The molecule has 3 aromatic rings. The molecule has 1 fully saturated rings. The second-order valence-corrected chi connectivity index (χ2v) is 9.46. The summed E-state index contributed by atoms with van der Waals surface area (Å²) in [6.07, 6.45) is 11.5. The van der Waals surface area contributed by atoms with Gasteiger partial charge in [-0.1, -0.05) is 74.4 Å². The molecule has 5 rings (SSSR count). The van der Waals surface area contributed by atoms with Crippen LogP contribution in [0, 0.1) is 29.2 Å². The van der Waals surface area contributed by atoms with Crippen molar-refractivity contribution in [1.82, 2.24) is 0 Å². The van der Waals surface area contributed by atoms with Crippen molar-refractivity contribution in [3.05, 3.63) is 113 Å². The second kappa shape index (κ2) is 9.25. The maximum Gasteiger partial charge on any atom is 0.194 e. The van der Waals surface area contributed by atoms with Crippen molar-refractivity contribution in [1.29, 1.82) is 0 Å². The van der Waals surface area contributed by atoms with E-state index < -0.39 is 23.3 Å². The monoisotopic (exact) mass is 462 g/mol. The van der Waals surface area contributed by atoms with Crippen molar-refractivity contribution in [3.8, 4) is 11.1 Å². The van der Waals surface area contributed by atoms with Crippen LogP contribution < -0.4 is 0 Å². The first-order valence-corrected chi connectivity index (χ1v) is 11.9. The molecule has 3 aromatic carbocycles. The van der Waals surface area contributed by atoms with E-state index in [0.29, 0.717) is 11.5 Å². The normalized spacial score (nSPS) is 20.6. The quantitative estimate of drug-likeness (QED) is 0.268. The Kier molecular flexibility index (Phi) is 6.16. The van der Waals surface area contributed by atoms with Gasteiger partial charge in [0, 0.05) is 11.5 Å². The number of hydrogen-bond acceptors (Lipinski definition) is 0. The highest BCUT2D eigenvalue weighted by atomic mass is 19.2. The predicted octanol–water partition coefficient (Wildman–Crippen LogP) is 8.94. The van der Waals surface area contributed by atoms with Crippen molar-refractivity contribution in [3.63, 3.8) is 0 Å². The molecule has 0 spiro atoms. The Balaban J connectivity index is 1.35. The third kappa shape index (κ3) is 4.34. The lowest BCUT2D eigenvalue weighted by atomic mass is 9.80. The molecule has 0 saturated heterocycles. The first-order chi connectivity index (χ1) is 16.4. The van der Waals surface area contributed by atoms with E-state index in [9.17, 15) is 17.6 Å². The fourth-order valence-corrected chi connectivity index (χ4v) is 5.32. The Labute approximate surface area is 197 Å². The summed E-state index contributed by atoms with van der Waals surface area (Å²) in [4.78, 5) is 0. The van der Waals surface area contributed by atoms with E-state index in [2.05, 4.69) is 43.3 Å². The van der Waals surface area contributed by atoms with Gasteiger partial charge in [-0.2, -0.15) is 0 Å². The molecule has 0 N–H and O–H groups in total. The fraction of sp³-hybridized carbons (Fsp3) is 0.267. The van der Waals surface area contributed by atoms with Crippen molar-refractivity contribution in [2.45, 2.75) is 44.4 Å². The number of allylic oxidation sites excluding steroid dienone is 4. The zero-order chi connectivity index (χ0) is 23.8. The van der Waals surface area contributed by atoms with Crippen molar-refractivity contribution in [2.75, 3.05) is 0 Å². The van der Waals surface area contributed by atoms with Gasteiger partial charge >= 0.3 is 0 Å². The molecular formula is C30H26F4. The average Bonchev–Trinajstić information content (AvgIpc) is 3.37. The van der Waals surface area contributed by atoms with Crippen molar-refractivity contribution in [2.24, 2.45) is 5.92 Å². The summed E-state index contributed by atoms with van der Waals surface area (Å²) >= 11 is 0. The molecule has 0 nitrogen and oxygen atoms in total. The predicted molar refractivity (Wildman–Crippen MR) is 128 cm³/mol. The molecule has 0 aromatic heterocycles. The van der Waals surface area contributed by atoms with Crippen LogP contribution in [0.2, 0.25) is 0 Å². The molecule has 174 valence electrons. The third-order valence-electron chi connectivity index (χ3n) is 7.24. The summed E-state index contributed by atoms with van der Waals surface area (Å²) in [5, 5.41) is 0. The topological polar surface area (TPSA) is 0 Å². The van der Waals surface area contributed by atoms with Gasteiger partial charge in [-0.3, -0.25) is 0 Å². The van der Waals surface area contributed by atoms with E-state index in [4.69, 9.17) is 0 Å². The fourth-order valence-electron chi connectivity index (χ4n) is 5.32. The first kappa shape index (κ1) is 22.6. The third-order valence-corrected chi connectivity index (χ3v) is 7.24. The lowest BCUT2D eigenvalue weighted by molar-refractivity contribution is 0.447. The maximum atomic E-state index is 14.9. The average molecular weight is 463 g/mol. The Bertz CT molecular complexity index is 1240. The standard InChI is InChI=1S/C30H26F4/c1-18-14-22(10-12-25(18)21-8-6-20(7-9-21)19-4-2-3-5-19)23-11-13-26(27(31)15-23)24-16-28(32)30(34)29(33)17-24/h6-19,25H,2-5H2,1H3. The Morgan fingerprint density at radius 3 is 1.94 bits per heavy atom. The van der Waals surface area contributed by atoms with Crippen LogP contribution in [0.1, 0.15) is 61.1 Å². The van der Waals surface area contributed by atoms with Gasteiger partial charge in [-0.05, 0) is 70.7 Å². The highest BCUT2D eigenvalue weighted by Crippen LogP contribution is 2.38. The van der Waals surface area contributed by atoms with Gasteiger partial charge in [-0.15, -0.1) is 0 Å². The molecule has 0 bridgehead atoms. The van der Waals surface area contributed by atoms with E-state index in [1.165, 1.54) is 48.9 Å². The molecular weight excluding hydrogens is 436 g/mol. The van der Waals surface area contributed by atoms with Crippen LogP contribution in [0.4, 0.5) is 17.6 Å². The lowest BCUT2D eigenvalue weighted by Crippen LogP contribution is -2.09. The van der Waals surface area contributed by atoms with Gasteiger partial charge in [0.1, 0.15) is 5.82 Å². The van der Waals surface area contributed by atoms with E-state index >= 15 is 0 Å². The van der Waals surface area contributed by atoms with Gasteiger partial charge in [0.25, 0.3) is 0 Å². The molecule has 2 aliphatic carbocycles. The molecule has 0 radical (unpaired) electrons. The van der Waals surface area contributed by atoms with Crippen LogP contribution >= 0.6 is 0 Å². The van der Waals surface area contributed by atoms with Crippen molar-refractivity contribution < 1.29 is 17.6 Å². The minimum atomic E-state index is -1.56. The molecule has 0 heterocycles. The van der Waals surface area contributed by atoms with Crippen LogP contribution in [-0.4, -0.2) is 0 Å². The van der Waals surface area contributed by atoms with Gasteiger partial charge in [0.05, 0.1) is 0 Å². The van der Waals surface area contributed by atoms with Crippen LogP contribution in [0.3, 0.4) is 0 Å². The number of rotatable bonds is 4. The van der Waals surface area contributed by atoms with E-state index in [1.54, 1.807) is 6.07 Å². The molecule has 34 heavy (non-hydrogen) atoms. The Morgan fingerprint density at radius 1 is 0.706 bits per heavy atom. The van der Waals surface area contributed by atoms with Gasteiger partial charge in [0.15, 0.2) is 17.5 Å². The Morgan fingerprint density at radius 2 is 1.32 bits per heavy atom. The Hall–Kier alpha value is -3.14. The summed E-state index contributed by atoms with van der Waals surface area (Å²) in [7, 11) is 0. The van der Waals surface area contributed by atoms with Gasteiger partial charge < -0.3 is 0 Å². The van der Waals surface area contributed by atoms with Gasteiger partial charge in [0.2, 0.25) is 0 Å². The molecule has 4 heteroatoms. The van der Waals surface area contributed by atoms with Crippen LogP contribution in [0.15, 0.2) is 72.8 Å². The highest BCUT2D eigenvalue weighted by molar-refractivity contribution is 5.78. The van der Waals surface area contributed by atoms with Crippen LogP contribution in [-0.2, 0) is 0 Å². The minimum Gasteiger partial charge on any atom is -0.206 e. The molecule has 2 atom stereocenters. The largest absolute Gasteiger partial charge is 0.206 e. The highest BCUT2D eigenvalue weighted by Gasteiger charge is 2.22. The molecule has 2 unspecified atom stereocenters. The number of halogens is 4. The van der Waals surface area contributed by atoms with Crippen LogP contribution in [0.5, 0.6) is 0 Å². The molecule has 1 saturated carbocycles. The summed E-state index contributed by atoms with van der Waals surface area (Å²) in [6.45, 7) is 2.15. The van der Waals surface area contributed by atoms with E-state index in [-0.39, 0.29) is 23.0 Å². The van der Waals surface area contributed by atoms with Crippen LogP contribution in [0.25, 0.3) is 16.7 Å². The lowest BCUT2D eigenvalue weighted by Gasteiger charge is -2.24. The van der Waals surface area contributed by atoms with E-state index in [1.807, 2.05) is 6.08 Å². The number of benzene rings is 3. The summed E-state index contributed by atoms with van der Waals surface area (Å²) < 4.78 is 55.3. The molecule has 2 aliphatic rings. The summed E-state index contributed by atoms with van der Waals surface area (Å²) in [5.41, 5.74) is 4.26. The first-order valence-electron chi connectivity index (χ1n) is 11.9. The summed E-state index contributed by atoms with van der Waals surface area (Å²) in [5.74, 6) is -3.69. The summed E-state index contributed by atoms with van der Waals surface area (Å²) in [6, 6.07) is 15.2. The number of hydrogen-bond donors (Lipinski definition) is 0. The van der Waals surface area contributed by atoms with E-state index in [0.717, 1.165) is 17.7 Å². The SMILES string of the molecule is CC1C=C(c2ccc(-c3cc(F)c(F)c(F)c3)c(F)c2)C=CC1c1ccc(C2CCCC2)cc1. The van der Waals surface area contributed by atoms with Gasteiger partial charge in [-0.25, -0.2) is 17.6 Å². The second-order valence-electron chi connectivity index (χ2n) is 9.46. The maximum absolute atomic E-state index is 14.9. The zero-order valence-corrected chi connectivity index (χ0v) is 19.0. The molecule has 0 amide bonds. The minimum absolute atomic E-state index is 0.0233. The zero-order valence-electron chi connectivity index (χ0n) is 19.0. The molecule has 0 aliphatic heterocycles. The smallest absolute Gasteiger partial charge is 0.194 e.